The van der Waals surface area contributed by atoms with Crippen molar-refractivity contribution in [1.82, 2.24) is 14.9 Å². The van der Waals surface area contributed by atoms with Gasteiger partial charge in [0.25, 0.3) is 5.91 Å². The van der Waals surface area contributed by atoms with Gasteiger partial charge in [0.05, 0.1) is 6.20 Å². The Kier molecular flexibility index (Phi) is 5.19. The van der Waals surface area contributed by atoms with E-state index in [9.17, 15) is 9.18 Å². The lowest BCUT2D eigenvalue weighted by Crippen LogP contribution is -2.39. The van der Waals surface area contributed by atoms with Gasteiger partial charge in [0, 0.05) is 19.2 Å². The summed E-state index contributed by atoms with van der Waals surface area (Å²) in [5, 5.41) is 0. The van der Waals surface area contributed by atoms with Crippen molar-refractivity contribution in [3.05, 3.63) is 83.1 Å². The molecule has 6 heteroatoms. The number of pyridine rings is 1. The number of likely N-dealkylation sites (tertiary alicyclic amines) is 1. The lowest BCUT2D eigenvalue weighted by Gasteiger charge is -2.33. The number of nitrogens with zero attached hydrogens (tertiary/aromatic N) is 3. The third kappa shape index (κ3) is 3.81. The summed E-state index contributed by atoms with van der Waals surface area (Å²) in [6.45, 7) is 2.54. The van der Waals surface area contributed by atoms with Gasteiger partial charge in [-0.2, -0.15) is 0 Å². The Bertz CT molecular complexity index is 985. The minimum Gasteiger partial charge on any atom is -0.443 e. The largest absolute Gasteiger partial charge is 0.443 e. The summed E-state index contributed by atoms with van der Waals surface area (Å²) >= 11 is 0. The van der Waals surface area contributed by atoms with Crippen molar-refractivity contribution in [1.29, 1.82) is 0 Å². The number of carbonyl (C=O) groups excluding carboxylic acids is 1. The predicted octanol–water partition coefficient (Wildman–Crippen LogP) is 4.48. The molecule has 0 bridgehead atoms. The molecule has 1 amide bonds. The molecule has 1 atom stereocenters. The highest BCUT2D eigenvalue weighted by Gasteiger charge is 2.33. The Labute approximate surface area is 163 Å². The van der Waals surface area contributed by atoms with Crippen LogP contribution in [0.2, 0.25) is 0 Å². The van der Waals surface area contributed by atoms with Crippen molar-refractivity contribution in [2.75, 3.05) is 6.54 Å². The van der Waals surface area contributed by atoms with E-state index in [1.807, 2.05) is 30.0 Å². The third-order valence-corrected chi connectivity index (χ3v) is 5.10. The fourth-order valence-electron chi connectivity index (χ4n) is 3.68. The van der Waals surface area contributed by atoms with Gasteiger partial charge in [-0.3, -0.25) is 9.78 Å². The number of halogens is 1. The van der Waals surface area contributed by atoms with E-state index in [4.69, 9.17) is 4.42 Å². The summed E-state index contributed by atoms with van der Waals surface area (Å²) in [5.74, 6) is 0.834. The average molecular weight is 379 g/mol. The average Bonchev–Trinajstić information content (AvgIpc) is 3.16. The number of carbonyl (C=O) groups is 1. The first-order chi connectivity index (χ1) is 13.6. The lowest BCUT2D eigenvalue weighted by atomic mass is 10.0. The van der Waals surface area contributed by atoms with Crippen LogP contribution in [-0.2, 0) is 6.42 Å². The second-order valence-corrected chi connectivity index (χ2v) is 7.15. The van der Waals surface area contributed by atoms with Crippen LogP contribution in [0.25, 0.3) is 0 Å². The molecule has 144 valence electrons. The second kappa shape index (κ2) is 7.92. The molecule has 0 aliphatic carbocycles. The molecule has 4 rings (SSSR count). The summed E-state index contributed by atoms with van der Waals surface area (Å²) in [7, 11) is 0. The number of hydrogen-bond donors (Lipinski definition) is 0. The van der Waals surface area contributed by atoms with E-state index in [-0.39, 0.29) is 17.8 Å². The number of piperidine rings is 1. The Hall–Kier alpha value is -3.02. The van der Waals surface area contributed by atoms with Gasteiger partial charge in [-0.25, -0.2) is 9.37 Å². The van der Waals surface area contributed by atoms with Crippen LogP contribution in [0.1, 0.15) is 58.6 Å². The molecule has 3 heterocycles. The Morgan fingerprint density at radius 1 is 1.25 bits per heavy atom. The number of hydrogen-bond acceptors (Lipinski definition) is 4. The highest BCUT2D eigenvalue weighted by molar-refractivity contribution is 5.93. The monoisotopic (exact) mass is 379 g/mol. The van der Waals surface area contributed by atoms with Crippen molar-refractivity contribution >= 4 is 5.91 Å². The Morgan fingerprint density at radius 3 is 2.96 bits per heavy atom. The Balaban J connectivity index is 1.56. The van der Waals surface area contributed by atoms with Crippen LogP contribution in [0.5, 0.6) is 0 Å². The number of benzene rings is 1. The van der Waals surface area contributed by atoms with Gasteiger partial charge in [-0.15, -0.1) is 0 Å². The van der Waals surface area contributed by atoms with Crippen molar-refractivity contribution in [2.45, 2.75) is 38.6 Å². The van der Waals surface area contributed by atoms with Crippen molar-refractivity contribution in [3.8, 4) is 0 Å². The van der Waals surface area contributed by atoms with Crippen LogP contribution in [0.4, 0.5) is 4.39 Å². The van der Waals surface area contributed by atoms with Gasteiger partial charge in [0.1, 0.15) is 23.3 Å². The number of aryl methyl sites for hydroxylation is 1. The molecule has 0 N–H and O–H groups in total. The fraction of sp³-hybridized carbons (Fsp3) is 0.318. The van der Waals surface area contributed by atoms with E-state index >= 15 is 0 Å². The minimum absolute atomic E-state index is 0.0901. The topological polar surface area (TPSA) is 59.2 Å². The lowest BCUT2D eigenvalue weighted by molar-refractivity contribution is 0.0563. The first-order valence-electron chi connectivity index (χ1n) is 9.53. The standard InChI is InChI=1S/C22H22FN3O2/c1-15-6-5-10-24-20(15)22(27)26-11-3-2-9-19(26)21-25-14-18(28-21)13-16-7-4-8-17(23)12-16/h4-8,10,12,14,19H,2-3,9,11,13H2,1H3/t19-/m1/s1. The van der Waals surface area contributed by atoms with Crippen molar-refractivity contribution in [2.24, 2.45) is 0 Å². The Morgan fingerprint density at radius 2 is 2.14 bits per heavy atom. The highest BCUT2D eigenvalue weighted by Crippen LogP contribution is 2.32. The molecule has 28 heavy (non-hydrogen) atoms. The molecule has 5 nitrogen and oxygen atoms in total. The van der Waals surface area contributed by atoms with Crippen molar-refractivity contribution < 1.29 is 13.6 Å². The normalized spacial score (nSPS) is 16.9. The number of amides is 1. The zero-order valence-electron chi connectivity index (χ0n) is 15.8. The SMILES string of the molecule is Cc1cccnc1C(=O)N1CCCC[C@@H]1c1ncc(Cc2cccc(F)c2)o1. The predicted molar refractivity (Wildman–Crippen MR) is 102 cm³/mol. The molecular formula is C22H22FN3O2. The molecule has 0 spiro atoms. The van der Waals surface area contributed by atoms with E-state index in [1.54, 1.807) is 18.5 Å². The van der Waals surface area contributed by atoms with E-state index in [2.05, 4.69) is 9.97 Å². The van der Waals surface area contributed by atoms with Gasteiger partial charge >= 0.3 is 0 Å². The molecular weight excluding hydrogens is 357 g/mol. The van der Waals surface area contributed by atoms with Gasteiger partial charge in [0.15, 0.2) is 0 Å². The van der Waals surface area contributed by atoms with Crippen LogP contribution in [0, 0.1) is 12.7 Å². The van der Waals surface area contributed by atoms with E-state index < -0.39 is 0 Å². The summed E-state index contributed by atoms with van der Waals surface area (Å²) in [6.07, 6.45) is 6.54. The zero-order chi connectivity index (χ0) is 19.5. The quantitative estimate of drug-likeness (QED) is 0.671. The number of oxazole rings is 1. The molecule has 1 aliphatic rings. The summed E-state index contributed by atoms with van der Waals surface area (Å²) in [4.78, 5) is 23.6. The van der Waals surface area contributed by atoms with E-state index in [0.29, 0.717) is 30.3 Å². The van der Waals surface area contributed by atoms with Gasteiger partial charge in [0.2, 0.25) is 5.89 Å². The smallest absolute Gasteiger partial charge is 0.273 e. The maximum Gasteiger partial charge on any atom is 0.273 e. The second-order valence-electron chi connectivity index (χ2n) is 7.15. The van der Waals surface area contributed by atoms with Crippen LogP contribution in [0.15, 0.2) is 53.2 Å². The van der Waals surface area contributed by atoms with Gasteiger partial charge in [-0.05, 0) is 55.5 Å². The molecule has 0 saturated carbocycles. The van der Waals surface area contributed by atoms with Crippen LogP contribution < -0.4 is 0 Å². The molecule has 0 radical (unpaired) electrons. The first-order valence-corrected chi connectivity index (χ1v) is 9.53. The summed E-state index contributed by atoms with van der Waals surface area (Å²) in [5.41, 5.74) is 2.15. The van der Waals surface area contributed by atoms with E-state index in [1.165, 1.54) is 12.1 Å². The van der Waals surface area contributed by atoms with E-state index in [0.717, 1.165) is 30.4 Å². The molecule has 1 aromatic carbocycles. The van der Waals surface area contributed by atoms with Crippen LogP contribution >= 0.6 is 0 Å². The molecule has 1 saturated heterocycles. The van der Waals surface area contributed by atoms with Gasteiger partial charge in [-0.1, -0.05) is 18.2 Å². The van der Waals surface area contributed by atoms with Crippen LogP contribution in [0.3, 0.4) is 0 Å². The van der Waals surface area contributed by atoms with Crippen LogP contribution in [-0.4, -0.2) is 27.3 Å². The fourth-order valence-corrected chi connectivity index (χ4v) is 3.68. The molecule has 2 aromatic heterocycles. The first kappa shape index (κ1) is 18.3. The summed E-state index contributed by atoms with van der Waals surface area (Å²) in [6, 6.07) is 9.95. The maximum absolute atomic E-state index is 13.4. The van der Waals surface area contributed by atoms with Crippen molar-refractivity contribution in [3.63, 3.8) is 0 Å². The molecule has 1 aliphatic heterocycles. The highest BCUT2D eigenvalue weighted by atomic mass is 19.1. The minimum atomic E-state index is -0.271. The number of aromatic nitrogens is 2. The molecule has 3 aromatic rings. The molecule has 0 unspecified atom stereocenters. The molecule has 1 fully saturated rings. The maximum atomic E-state index is 13.4. The third-order valence-electron chi connectivity index (χ3n) is 5.10. The number of rotatable bonds is 4. The summed E-state index contributed by atoms with van der Waals surface area (Å²) < 4.78 is 19.4. The van der Waals surface area contributed by atoms with Gasteiger partial charge < -0.3 is 9.32 Å². The zero-order valence-corrected chi connectivity index (χ0v) is 15.8.